The van der Waals surface area contributed by atoms with E-state index in [1.165, 1.54) is 14.2 Å². The molecule has 1 aliphatic heterocycles. The van der Waals surface area contributed by atoms with Crippen LogP contribution in [-0.4, -0.2) is 31.0 Å². The Morgan fingerprint density at radius 2 is 1.91 bits per heavy atom. The van der Waals surface area contributed by atoms with Crippen LogP contribution >= 0.6 is 0 Å². The molecule has 0 bridgehead atoms. The molecule has 2 aromatic rings. The van der Waals surface area contributed by atoms with Gasteiger partial charge in [-0.1, -0.05) is 6.07 Å². The van der Waals surface area contributed by atoms with Gasteiger partial charge in [-0.3, -0.25) is 0 Å². The van der Waals surface area contributed by atoms with E-state index in [0.717, 1.165) is 17.5 Å². The molecule has 0 radical (unpaired) electrons. The molecule has 0 saturated carbocycles. The lowest BCUT2D eigenvalue weighted by Gasteiger charge is -2.26. The Morgan fingerprint density at radius 1 is 1.09 bits per heavy atom. The maximum atomic E-state index is 10.1. The lowest BCUT2D eigenvalue weighted by atomic mass is 9.90. The highest BCUT2D eigenvalue weighted by atomic mass is 16.5. The normalized spacial score (nSPS) is 16.5. The van der Waals surface area contributed by atoms with Crippen LogP contribution in [0.5, 0.6) is 28.7 Å². The van der Waals surface area contributed by atoms with Gasteiger partial charge >= 0.3 is 0 Å². The van der Waals surface area contributed by atoms with Gasteiger partial charge in [0.2, 0.25) is 5.75 Å². The van der Waals surface area contributed by atoms with E-state index in [9.17, 15) is 10.2 Å². The molecule has 0 spiro atoms. The van der Waals surface area contributed by atoms with Crippen LogP contribution in [0.3, 0.4) is 0 Å². The Labute approximate surface area is 128 Å². The summed E-state index contributed by atoms with van der Waals surface area (Å²) in [5.41, 5.74) is 1.96. The maximum Gasteiger partial charge on any atom is 0.203 e. The fourth-order valence-corrected chi connectivity index (χ4v) is 2.78. The number of methoxy groups -OCH3 is 2. The first-order valence-electron chi connectivity index (χ1n) is 7.02. The van der Waals surface area contributed by atoms with E-state index in [1.54, 1.807) is 18.2 Å². The fourth-order valence-electron chi connectivity index (χ4n) is 2.78. The number of rotatable bonds is 3. The van der Waals surface area contributed by atoms with Crippen molar-refractivity contribution >= 4 is 0 Å². The standard InChI is InChI=1S/C17H18O5/c1-20-16-7-11(6-14(19)17(16)21-2)12-5-10-3-4-13(18)8-15(10)22-9-12/h3-4,6-8,12,18-19H,5,9H2,1-2H3. The Kier molecular flexibility index (Phi) is 3.71. The monoisotopic (exact) mass is 302 g/mol. The molecular weight excluding hydrogens is 284 g/mol. The zero-order chi connectivity index (χ0) is 15.7. The molecule has 5 heteroatoms. The summed E-state index contributed by atoms with van der Waals surface area (Å²) in [4.78, 5) is 0. The average Bonchev–Trinajstić information content (AvgIpc) is 2.53. The van der Waals surface area contributed by atoms with E-state index in [0.29, 0.717) is 23.9 Å². The Bertz CT molecular complexity index is 696. The molecule has 5 nitrogen and oxygen atoms in total. The van der Waals surface area contributed by atoms with Crippen LogP contribution in [0.25, 0.3) is 0 Å². The second kappa shape index (κ2) is 5.67. The summed E-state index contributed by atoms with van der Waals surface area (Å²) in [5.74, 6) is 1.88. The molecule has 22 heavy (non-hydrogen) atoms. The molecule has 0 aliphatic carbocycles. The third-order valence-electron chi connectivity index (χ3n) is 3.91. The molecule has 0 amide bonds. The van der Waals surface area contributed by atoms with Crippen LogP contribution in [0, 0.1) is 0 Å². The number of phenolic OH excluding ortho intramolecular Hbond substituents is 2. The summed E-state index contributed by atoms with van der Waals surface area (Å²) in [7, 11) is 3.03. The summed E-state index contributed by atoms with van der Waals surface area (Å²) in [6.45, 7) is 0.478. The van der Waals surface area contributed by atoms with Gasteiger partial charge in [0.25, 0.3) is 0 Å². The molecular formula is C17H18O5. The molecule has 1 aliphatic rings. The van der Waals surface area contributed by atoms with Crippen molar-refractivity contribution in [3.05, 3.63) is 41.5 Å². The molecule has 1 unspecified atom stereocenters. The summed E-state index contributed by atoms with van der Waals surface area (Å²) in [6.07, 6.45) is 0.768. The maximum absolute atomic E-state index is 10.1. The van der Waals surface area contributed by atoms with Gasteiger partial charge in [0.15, 0.2) is 11.5 Å². The third-order valence-corrected chi connectivity index (χ3v) is 3.91. The number of aromatic hydroxyl groups is 2. The largest absolute Gasteiger partial charge is 0.508 e. The molecule has 1 heterocycles. The van der Waals surface area contributed by atoms with Gasteiger partial charge in [-0.05, 0) is 35.7 Å². The van der Waals surface area contributed by atoms with Gasteiger partial charge in [-0.2, -0.15) is 0 Å². The smallest absolute Gasteiger partial charge is 0.203 e. The summed E-state index contributed by atoms with van der Waals surface area (Å²) >= 11 is 0. The van der Waals surface area contributed by atoms with Crippen molar-refractivity contribution < 1.29 is 24.4 Å². The van der Waals surface area contributed by atoms with Gasteiger partial charge in [-0.15, -0.1) is 0 Å². The number of ether oxygens (including phenoxy) is 3. The third kappa shape index (κ3) is 2.50. The molecule has 2 aromatic carbocycles. The number of hydrogen-bond acceptors (Lipinski definition) is 5. The Balaban J connectivity index is 1.93. The minimum absolute atomic E-state index is 0.0494. The van der Waals surface area contributed by atoms with Crippen molar-refractivity contribution in [2.24, 2.45) is 0 Å². The van der Waals surface area contributed by atoms with E-state index >= 15 is 0 Å². The zero-order valence-electron chi connectivity index (χ0n) is 12.5. The number of hydrogen-bond donors (Lipinski definition) is 2. The van der Waals surface area contributed by atoms with Crippen LogP contribution < -0.4 is 14.2 Å². The number of phenols is 2. The highest BCUT2D eigenvalue weighted by Crippen LogP contribution is 2.42. The minimum atomic E-state index is 0.0494. The van der Waals surface area contributed by atoms with E-state index in [-0.39, 0.29) is 17.4 Å². The molecule has 0 saturated heterocycles. The molecule has 3 rings (SSSR count). The lowest BCUT2D eigenvalue weighted by Crippen LogP contribution is -2.19. The average molecular weight is 302 g/mol. The Hall–Kier alpha value is -2.56. The van der Waals surface area contributed by atoms with Crippen LogP contribution in [0.1, 0.15) is 17.0 Å². The summed E-state index contributed by atoms with van der Waals surface area (Å²) < 4.78 is 16.1. The van der Waals surface area contributed by atoms with E-state index < -0.39 is 0 Å². The van der Waals surface area contributed by atoms with Crippen molar-refractivity contribution in [2.75, 3.05) is 20.8 Å². The van der Waals surface area contributed by atoms with Gasteiger partial charge in [0, 0.05) is 12.0 Å². The van der Waals surface area contributed by atoms with Gasteiger partial charge in [0.1, 0.15) is 11.5 Å². The highest BCUT2D eigenvalue weighted by Gasteiger charge is 2.24. The van der Waals surface area contributed by atoms with Crippen molar-refractivity contribution in [1.82, 2.24) is 0 Å². The van der Waals surface area contributed by atoms with Crippen molar-refractivity contribution in [3.8, 4) is 28.7 Å². The quantitative estimate of drug-likeness (QED) is 0.912. The van der Waals surface area contributed by atoms with Crippen molar-refractivity contribution in [3.63, 3.8) is 0 Å². The minimum Gasteiger partial charge on any atom is -0.508 e. The fraction of sp³-hybridized carbons (Fsp3) is 0.294. The first-order valence-corrected chi connectivity index (χ1v) is 7.02. The SMILES string of the molecule is COc1cc(C2COc3cc(O)ccc3C2)cc(O)c1OC. The topological polar surface area (TPSA) is 68.2 Å². The van der Waals surface area contributed by atoms with Crippen LogP contribution in [0.2, 0.25) is 0 Å². The van der Waals surface area contributed by atoms with Gasteiger partial charge in [0.05, 0.1) is 20.8 Å². The summed E-state index contributed by atoms with van der Waals surface area (Å²) in [6, 6.07) is 8.67. The summed E-state index contributed by atoms with van der Waals surface area (Å²) in [5, 5.41) is 19.6. The second-order valence-electron chi connectivity index (χ2n) is 5.28. The van der Waals surface area contributed by atoms with Crippen LogP contribution in [-0.2, 0) is 6.42 Å². The molecule has 116 valence electrons. The zero-order valence-corrected chi connectivity index (χ0v) is 12.5. The van der Waals surface area contributed by atoms with Crippen LogP contribution in [0.4, 0.5) is 0 Å². The predicted molar refractivity (Wildman–Crippen MR) is 81.3 cm³/mol. The van der Waals surface area contributed by atoms with Gasteiger partial charge in [-0.25, -0.2) is 0 Å². The number of fused-ring (bicyclic) bond motifs is 1. The highest BCUT2D eigenvalue weighted by molar-refractivity contribution is 5.54. The van der Waals surface area contributed by atoms with Gasteiger partial charge < -0.3 is 24.4 Å². The van der Waals surface area contributed by atoms with Crippen molar-refractivity contribution in [2.45, 2.75) is 12.3 Å². The number of benzene rings is 2. The first-order chi connectivity index (χ1) is 10.6. The molecule has 0 fully saturated rings. The van der Waals surface area contributed by atoms with E-state index in [2.05, 4.69) is 0 Å². The molecule has 2 N–H and O–H groups in total. The predicted octanol–water partition coefficient (Wildman–Crippen LogP) is 2.83. The van der Waals surface area contributed by atoms with E-state index in [1.807, 2.05) is 12.1 Å². The molecule has 1 atom stereocenters. The molecule has 0 aromatic heterocycles. The van der Waals surface area contributed by atoms with Crippen LogP contribution in [0.15, 0.2) is 30.3 Å². The Morgan fingerprint density at radius 3 is 2.64 bits per heavy atom. The van der Waals surface area contributed by atoms with Crippen molar-refractivity contribution in [1.29, 1.82) is 0 Å². The second-order valence-corrected chi connectivity index (χ2v) is 5.28. The lowest BCUT2D eigenvalue weighted by molar-refractivity contribution is 0.260. The first kappa shape index (κ1) is 14.4. The van der Waals surface area contributed by atoms with E-state index in [4.69, 9.17) is 14.2 Å².